The highest BCUT2D eigenvalue weighted by molar-refractivity contribution is 5.76. The van der Waals surface area contributed by atoms with Crippen LogP contribution in [0.25, 0.3) is 0 Å². The van der Waals surface area contributed by atoms with Gasteiger partial charge in [0.1, 0.15) is 5.75 Å². The summed E-state index contributed by atoms with van der Waals surface area (Å²) in [5, 5.41) is 16.7. The lowest BCUT2D eigenvalue weighted by molar-refractivity contribution is -0.129. The Bertz CT molecular complexity index is 783. The predicted octanol–water partition coefficient (Wildman–Crippen LogP) is 1.59. The summed E-state index contributed by atoms with van der Waals surface area (Å²) in [5.74, 6) is 0.261. The SMILES string of the molecule is CC(=O)N1CCCn2nc(CNC(=O)CCc3ccc(O)cc3)cc2C1. The lowest BCUT2D eigenvalue weighted by Gasteiger charge is -2.17. The van der Waals surface area contributed by atoms with Crippen molar-refractivity contribution in [1.29, 1.82) is 0 Å². The van der Waals surface area contributed by atoms with Crippen molar-refractivity contribution in [3.05, 3.63) is 47.3 Å². The van der Waals surface area contributed by atoms with Crippen LogP contribution in [0.3, 0.4) is 0 Å². The molecule has 3 rings (SSSR count). The molecule has 0 spiro atoms. The van der Waals surface area contributed by atoms with Crippen LogP contribution in [0.15, 0.2) is 30.3 Å². The van der Waals surface area contributed by atoms with Crippen LogP contribution in [0.2, 0.25) is 0 Å². The molecule has 26 heavy (non-hydrogen) atoms. The van der Waals surface area contributed by atoms with Crippen LogP contribution < -0.4 is 5.32 Å². The molecule has 7 heteroatoms. The Morgan fingerprint density at radius 2 is 2.00 bits per heavy atom. The number of phenols is 1. The maximum absolute atomic E-state index is 12.0. The lowest BCUT2D eigenvalue weighted by atomic mass is 10.1. The lowest BCUT2D eigenvalue weighted by Crippen LogP contribution is -2.28. The first-order valence-electron chi connectivity index (χ1n) is 8.87. The number of hydrogen-bond acceptors (Lipinski definition) is 4. The third kappa shape index (κ3) is 4.62. The summed E-state index contributed by atoms with van der Waals surface area (Å²) in [5.41, 5.74) is 2.82. The number of amides is 2. The molecule has 7 nitrogen and oxygen atoms in total. The van der Waals surface area contributed by atoms with E-state index in [0.717, 1.165) is 36.5 Å². The molecule has 0 saturated carbocycles. The van der Waals surface area contributed by atoms with Gasteiger partial charge in [0.05, 0.1) is 24.5 Å². The van der Waals surface area contributed by atoms with Gasteiger partial charge in [-0.1, -0.05) is 12.1 Å². The Balaban J connectivity index is 1.50. The van der Waals surface area contributed by atoms with E-state index in [2.05, 4.69) is 10.4 Å². The van der Waals surface area contributed by atoms with E-state index in [9.17, 15) is 14.7 Å². The molecule has 1 aromatic carbocycles. The molecule has 0 atom stereocenters. The summed E-state index contributed by atoms with van der Waals surface area (Å²) < 4.78 is 1.93. The van der Waals surface area contributed by atoms with Gasteiger partial charge in [0.2, 0.25) is 11.8 Å². The fourth-order valence-corrected chi connectivity index (χ4v) is 3.07. The highest BCUT2D eigenvalue weighted by Gasteiger charge is 2.18. The van der Waals surface area contributed by atoms with Gasteiger partial charge in [0.15, 0.2) is 0 Å². The standard InChI is InChI=1S/C19H24N4O3/c1-14(24)22-9-2-10-23-17(13-22)11-16(21-23)12-20-19(26)8-5-15-3-6-18(25)7-4-15/h3-4,6-7,11,25H,2,5,8-10,12-13H2,1H3,(H,20,26). The molecule has 0 aliphatic carbocycles. The summed E-state index contributed by atoms with van der Waals surface area (Å²) in [7, 11) is 0. The Labute approximate surface area is 152 Å². The van der Waals surface area contributed by atoms with E-state index in [1.165, 1.54) is 0 Å². The van der Waals surface area contributed by atoms with Crippen LogP contribution in [-0.2, 0) is 35.6 Å². The summed E-state index contributed by atoms with van der Waals surface area (Å²) >= 11 is 0. The van der Waals surface area contributed by atoms with E-state index >= 15 is 0 Å². The monoisotopic (exact) mass is 356 g/mol. The molecular formula is C19H24N4O3. The molecule has 0 bridgehead atoms. The topological polar surface area (TPSA) is 87.5 Å². The number of benzene rings is 1. The number of fused-ring (bicyclic) bond motifs is 1. The van der Waals surface area contributed by atoms with E-state index in [-0.39, 0.29) is 17.6 Å². The fourth-order valence-electron chi connectivity index (χ4n) is 3.07. The maximum Gasteiger partial charge on any atom is 0.220 e. The van der Waals surface area contributed by atoms with E-state index in [1.54, 1.807) is 19.1 Å². The van der Waals surface area contributed by atoms with Gasteiger partial charge < -0.3 is 15.3 Å². The third-order valence-electron chi connectivity index (χ3n) is 4.55. The van der Waals surface area contributed by atoms with Crippen LogP contribution >= 0.6 is 0 Å². The largest absolute Gasteiger partial charge is 0.508 e. The van der Waals surface area contributed by atoms with Crippen molar-refractivity contribution in [3.8, 4) is 5.75 Å². The number of carbonyl (C=O) groups excluding carboxylic acids is 2. The molecule has 2 heterocycles. The average Bonchev–Trinajstić information content (AvgIpc) is 2.89. The number of hydrogen-bond donors (Lipinski definition) is 2. The smallest absolute Gasteiger partial charge is 0.220 e. The minimum atomic E-state index is -0.0355. The van der Waals surface area contributed by atoms with E-state index in [1.807, 2.05) is 27.8 Å². The van der Waals surface area contributed by atoms with Crippen molar-refractivity contribution in [2.75, 3.05) is 6.54 Å². The van der Waals surface area contributed by atoms with Crippen LogP contribution in [0.1, 0.15) is 36.7 Å². The minimum absolute atomic E-state index is 0.0355. The molecule has 0 saturated heterocycles. The second kappa shape index (κ2) is 8.03. The maximum atomic E-state index is 12.0. The summed E-state index contributed by atoms with van der Waals surface area (Å²) in [6, 6.07) is 8.83. The number of nitrogens with one attached hydrogen (secondary N) is 1. The predicted molar refractivity (Wildman–Crippen MR) is 96.2 cm³/mol. The normalized spacial score (nSPS) is 13.8. The van der Waals surface area contributed by atoms with Gasteiger partial charge in [-0.25, -0.2) is 0 Å². The van der Waals surface area contributed by atoms with Gasteiger partial charge in [0.25, 0.3) is 0 Å². The Morgan fingerprint density at radius 1 is 1.23 bits per heavy atom. The van der Waals surface area contributed by atoms with Crippen molar-refractivity contribution < 1.29 is 14.7 Å². The van der Waals surface area contributed by atoms with Gasteiger partial charge in [-0.05, 0) is 36.6 Å². The van der Waals surface area contributed by atoms with Crippen LogP contribution in [0, 0.1) is 0 Å². The number of aryl methyl sites for hydroxylation is 2. The molecule has 0 unspecified atom stereocenters. The van der Waals surface area contributed by atoms with E-state index < -0.39 is 0 Å². The first kappa shape index (κ1) is 18.0. The summed E-state index contributed by atoms with van der Waals surface area (Å²) in [6.07, 6.45) is 1.89. The van der Waals surface area contributed by atoms with Crippen molar-refractivity contribution in [2.24, 2.45) is 0 Å². The second-order valence-electron chi connectivity index (χ2n) is 6.59. The van der Waals surface area contributed by atoms with Crippen LogP contribution in [0.4, 0.5) is 0 Å². The first-order chi connectivity index (χ1) is 12.5. The second-order valence-corrected chi connectivity index (χ2v) is 6.59. The highest BCUT2D eigenvalue weighted by Crippen LogP contribution is 2.14. The summed E-state index contributed by atoms with van der Waals surface area (Å²) in [6.45, 7) is 4.07. The minimum Gasteiger partial charge on any atom is -0.508 e. The van der Waals surface area contributed by atoms with Crippen molar-refractivity contribution in [3.63, 3.8) is 0 Å². The Hall–Kier alpha value is -2.83. The Morgan fingerprint density at radius 3 is 2.73 bits per heavy atom. The Kier molecular flexibility index (Phi) is 5.55. The van der Waals surface area contributed by atoms with Crippen LogP contribution in [-0.4, -0.2) is 38.1 Å². The van der Waals surface area contributed by atoms with Crippen molar-refractivity contribution >= 4 is 11.8 Å². The zero-order valence-electron chi connectivity index (χ0n) is 14.9. The van der Waals surface area contributed by atoms with Gasteiger partial charge in [-0.15, -0.1) is 0 Å². The number of nitrogens with zero attached hydrogens (tertiary/aromatic N) is 3. The molecule has 138 valence electrons. The molecule has 1 aliphatic rings. The molecule has 0 radical (unpaired) electrons. The van der Waals surface area contributed by atoms with Gasteiger partial charge in [-0.2, -0.15) is 5.10 Å². The quantitative estimate of drug-likeness (QED) is 0.852. The molecule has 2 amide bonds. The molecule has 0 fully saturated rings. The number of aromatic nitrogens is 2. The molecule has 1 aliphatic heterocycles. The summed E-state index contributed by atoms with van der Waals surface area (Å²) in [4.78, 5) is 25.5. The zero-order chi connectivity index (χ0) is 18.5. The number of phenolic OH excluding ortho intramolecular Hbond substituents is 1. The molecule has 1 aromatic heterocycles. The van der Waals surface area contributed by atoms with Gasteiger partial charge >= 0.3 is 0 Å². The van der Waals surface area contributed by atoms with Crippen molar-refractivity contribution in [2.45, 2.75) is 45.8 Å². The number of carbonyl (C=O) groups is 2. The molecule has 2 N–H and O–H groups in total. The fraction of sp³-hybridized carbons (Fsp3) is 0.421. The number of rotatable bonds is 5. The molecule has 2 aromatic rings. The van der Waals surface area contributed by atoms with Gasteiger partial charge in [0, 0.05) is 26.4 Å². The highest BCUT2D eigenvalue weighted by atomic mass is 16.3. The van der Waals surface area contributed by atoms with Crippen LogP contribution in [0.5, 0.6) is 5.75 Å². The molecular weight excluding hydrogens is 332 g/mol. The van der Waals surface area contributed by atoms with E-state index in [4.69, 9.17) is 0 Å². The first-order valence-corrected chi connectivity index (χ1v) is 8.87. The third-order valence-corrected chi connectivity index (χ3v) is 4.55. The number of aromatic hydroxyl groups is 1. The van der Waals surface area contributed by atoms with E-state index in [0.29, 0.717) is 25.9 Å². The van der Waals surface area contributed by atoms with Gasteiger partial charge in [-0.3, -0.25) is 14.3 Å². The zero-order valence-corrected chi connectivity index (χ0v) is 14.9. The average molecular weight is 356 g/mol. The van der Waals surface area contributed by atoms with Crippen molar-refractivity contribution in [1.82, 2.24) is 20.0 Å².